The largest absolute Gasteiger partial charge is 0.391 e. The maximum absolute atomic E-state index is 9.52. The highest BCUT2D eigenvalue weighted by Crippen LogP contribution is 2.26. The molecule has 0 saturated heterocycles. The minimum absolute atomic E-state index is 0.175. The van der Waals surface area contributed by atoms with Gasteiger partial charge in [-0.3, -0.25) is 0 Å². The zero-order valence-electron chi connectivity index (χ0n) is 9.06. The molecule has 1 aliphatic carbocycles. The molecule has 1 saturated carbocycles. The summed E-state index contributed by atoms with van der Waals surface area (Å²) in [5, 5.41) is 15.4. The third-order valence-electron chi connectivity index (χ3n) is 3.34. The summed E-state index contributed by atoms with van der Waals surface area (Å²) in [4.78, 5) is 0. The number of benzene rings is 2. The smallest absolute Gasteiger partial charge is 0.0741 e. The van der Waals surface area contributed by atoms with Crippen molar-refractivity contribution < 1.29 is 5.11 Å². The number of rotatable bonds is 2. The first kappa shape index (κ1) is 9.67. The predicted octanol–water partition coefficient (Wildman–Crippen LogP) is 2.78. The van der Waals surface area contributed by atoms with Crippen molar-refractivity contribution in [2.24, 2.45) is 0 Å². The minimum Gasteiger partial charge on any atom is -0.391 e. The molecule has 0 unspecified atom stereocenters. The van der Waals surface area contributed by atoms with Crippen LogP contribution in [0.5, 0.6) is 0 Å². The Morgan fingerprint density at radius 3 is 2.50 bits per heavy atom. The van der Waals surface area contributed by atoms with Gasteiger partial charge in [0.2, 0.25) is 0 Å². The molecule has 3 rings (SSSR count). The number of hydrogen-bond acceptors (Lipinski definition) is 2. The van der Waals surface area contributed by atoms with Gasteiger partial charge >= 0.3 is 0 Å². The Hall–Kier alpha value is -1.54. The molecule has 1 aliphatic rings. The highest BCUT2D eigenvalue weighted by molar-refractivity contribution is 5.85. The average Bonchev–Trinajstić information content (AvgIpc) is 2.34. The van der Waals surface area contributed by atoms with E-state index in [9.17, 15) is 5.11 Å². The van der Waals surface area contributed by atoms with Crippen molar-refractivity contribution in [3.8, 4) is 0 Å². The van der Waals surface area contributed by atoms with Gasteiger partial charge in [-0.1, -0.05) is 30.3 Å². The zero-order chi connectivity index (χ0) is 11.0. The lowest BCUT2D eigenvalue weighted by Gasteiger charge is -2.33. The highest BCUT2D eigenvalue weighted by Gasteiger charge is 2.28. The van der Waals surface area contributed by atoms with Gasteiger partial charge in [-0.2, -0.15) is 0 Å². The van der Waals surface area contributed by atoms with Crippen LogP contribution in [0.3, 0.4) is 0 Å². The average molecular weight is 213 g/mol. The number of anilines is 1. The fraction of sp³-hybridized carbons (Fsp3) is 0.286. The third-order valence-corrected chi connectivity index (χ3v) is 3.34. The first-order valence-corrected chi connectivity index (χ1v) is 5.76. The summed E-state index contributed by atoms with van der Waals surface area (Å²) in [7, 11) is 0. The van der Waals surface area contributed by atoms with Crippen LogP contribution < -0.4 is 5.32 Å². The van der Waals surface area contributed by atoms with Crippen LogP contribution in [0.4, 0.5) is 5.69 Å². The molecule has 2 N–H and O–H groups in total. The number of hydrogen-bond donors (Lipinski definition) is 2. The molecule has 16 heavy (non-hydrogen) atoms. The van der Waals surface area contributed by atoms with Crippen molar-refractivity contribution in [1.82, 2.24) is 0 Å². The number of fused-ring (bicyclic) bond motifs is 1. The topological polar surface area (TPSA) is 32.3 Å². The standard InChI is InChI=1S/C14H15NO/c16-14-8-7-13(14)15-12-6-5-10-3-1-2-4-11(10)9-12/h1-6,9,13-16H,7-8H2/t13-,14-/m1/s1. The molecule has 82 valence electrons. The molecular weight excluding hydrogens is 198 g/mol. The highest BCUT2D eigenvalue weighted by atomic mass is 16.3. The van der Waals surface area contributed by atoms with E-state index in [2.05, 4.69) is 35.6 Å². The van der Waals surface area contributed by atoms with Crippen LogP contribution in [0.25, 0.3) is 10.8 Å². The van der Waals surface area contributed by atoms with Crippen LogP contribution in [0.2, 0.25) is 0 Å². The Labute approximate surface area is 94.9 Å². The monoisotopic (exact) mass is 213 g/mol. The molecule has 1 fully saturated rings. The van der Waals surface area contributed by atoms with Crippen molar-refractivity contribution in [3.63, 3.8) is 0 Å². The Balaban J connectivity index is 1.87. The number of nitrogens with one attached hydrogen (secondary N) is 1. The maximum atomic E-state index is 9.52. The Kier molecular flexibility index (Phi) is 2.29. The quantitative estimate of drug-likeness (QED) is 0.804. The predicted molar refractivity (Wildman–Crippen MR) is 66.6 cm³/mol. The van der Waals surface area contributed by atoms with Gasteiger partial charge in [-0.25, -0.2) is 0 Å². The van der Waals surface area contributed by atoms with Crippen LogP contribution >= 0.6 is 0 Å². The van der Waals surface area contributed by atoms with Crippen molar-refractivity contribution in [3.05, 3.63) is 42.5 Å². The SMILES string of the molecule is O[C@@H]1CC[C@H]1Nc1ccc2ccccc2c1. The summed E-state index contributed by atoms with van der Waals surface area (Å²) in [6.07, 6.45) is 1.81. The molecule has 0 bridgehead atoms. The van der Waals surface area contributed by atoms with E-state index in [1.54, 1.807) is 0 Å². The molecule has 0 aromatic heterocycles. The molecule has 0 aliphatic heterocycles. The molecule has 2 nitrogen and oxygen atoms in total. The lowest BCUT2D eigenvalue weighted by atomic mass is 9.89. The van der Waals surface area contributed by atoms with E-state index < -0.39 is 0 Å². The lowest BCUT2D eigenvalue weighted by molar-refractivity contribution is 0.0786. The van der Waals surface area contributed by atoms with Gasteiger partial charge in [0.05, 0.1) is 12.1 Å². The fourth-order valence-electron chi connectivity index (χ4n) is 2.14. The summed E-state index contributed by atoms with van der Waals surface area (Å²) < 4.78 is 0. The molecule has 0 amide bonds. The van der Waals surface area contributed by atoms with E-state index in [1.165, 1.54) is 10.8 Å². The molecule has 2 aromatic carbocycles. The molecule has 0 spiro atoms. The van der Waals surface area contributed by atoms with Crippen LogP contribution in [0, 0.1) is 0 Å². The van der Waals surface area contributed by atoms with Gasteiger partial charge < -0.3 is 10.4 Å². The van der Waals surface area contributed by atoms with Gasteiger partial charge in [0.25, 0.3) is 0 Å². The summed E-state index contributed by atoms with van der Waals surface area (Å²) >= 11 is 0. The Morgan fingerprint density at radius 2 is 1.81 bits per heavy atom. The van der Waals surface area contributed by atoms with Crippen molar-refractivity contribution >= 4 is 16.5 Å². The molecular formula is C14H15NO. The molecule has 0 radical (unpaired) electrons. The van der Waals surface area contributed by atoms with Crippen molar-refractivity contribution in [2.75, 3.05) is 5.32 Å². The molecule has 2 atom stereocenters. The van der Waals surface area contributed by atoms with E-state index in [4.69, 9.17) is 0 Å². The van der Waals surface area contributed by atoms with Gasteiger partial charge in [-0.05, 0) is 35.7 Å². The second-order valence-corrected chi connectivity index (χ2v) is 4.46. The summed E-state index contributed by atoms with van der Waals surface area (Å²) in [6, 6.07) is 14.9. The lowest BCUT2D eigenvalue weighted by Crippen LogP contribution is -2.42. The number of aliphatic hydroxyl groups is 1. The minimum atomic E-state index is -0.175. The summed E-state index contributed by atoms with van der Waals surface area (Å²) in [5.74, 6) is 0. The Morgan fingerprint density at radius 1 is 1.00 bits per heavy atom. The van der Waals surface area contributed by atoms with E-state index in [1.807, 2.05) is 12.1 Å². The normalized spacial score (nSPS) is 24.1. The van der Waals surface area contributed by atoms with Crippen LogP contribution in [0.1, 0.15) is 12.8 Å². The van der Waals surface area contributed by atoms with E-state index in [0.717, 1.165) is 18.5 Å². The van der Waals surface area contributed by atoms with Gasteiger partial charge in [0, 0.05) is 5.69 Å². The van der Waals surface area contributed by atoms with E-state index in [-0.39, 0.29) is 12.1 Å². The van der Waals surface area contributed by atoms with Crippen LogP contribution in [0.15, 0.2) is 42.5 Å². The second kappa shape index (κ2) is 3.80. The van der Waals surface area contributed by atoms with Crippen molar-refractivity contribution in [1.29, 1.82) is 0 Å². The van der Waals surface area contributed by atoms with E-state index >= 15 is 0 Å². The first-order valence-electron chi connectivity index (χ1n) is 5.76. The molecule has 0 heterocycles. The summed E-state index contributed by atoms with van der Waals surface area (Å²) in [5.41, 5.74) is 1.10. The van der Waals surface area contributed by atoms with Gasteiger partial charge in [0.1, 0.15) is 0 Å². The molecule has 2 aromatic rings. The van der Waals surface area contributed by atoms with Gasteiger partial charge in [-0.15, -0.1) is 0 Å². The first-order chi connectivity index (χ1) is 7.83. The van der Waals surface area contributed by atoms with Crippen molar-refractivity contribution in [2.45, 2.75) is 25.0 Å². The van der Waals surface area contributed by atoms with E-state index in [0.29, 0.717) is 0 Å². The fourth-order valence-corrected chi connectivity index (χ4v) is 2.14. The third kappa shape index (κ3) is 1.65. The Bertz CT molecular complexity index is 509. The molecule has 2 heteroatoms. The number of aliphatic hydroxyl groups excluding tert-OH is 1. The summed E-state index contributed by atoms with van der Waals surface area (Å²) in [6.45, 7) is 0. The van der Waals surface area contributed by atoms with Crippen LogP contribution in [-0.4, -0.2) is 17.3 Å². The van der Waals surface area contributed by atoms with Crippen LogP contribution in [-0.2, 0) is 0 Å². The zero-order valence-corrected chi connectivity index (χ0v) is 9.06. The second-order valence-electron chi connectivity index (χ2n) is 4.46. The van der Waals surface area contributed by atoms with Gasteiger partial charge in [0.15, 0.2) is 0 Å². The maximum Gasteiger partial charge on any atom is 0.0741 e.